The van der Waals surface area contributed by atoms with E-state index in [-0.39, 0.29) is 11.3 Å². The normalized spacial score (nSPS) is 31.6. The van der Waals surface area contributed by atoms with Crippen LogP contribution in [0.1, 0.15) is 12.8 Å². The molecule has 2 aliphatic carbocycles. The number of carboxylic acid groups (broad SMARTS) is 1. The number of amides is 1. The molecule has 1 spiro atoms. The molecule has 1 saturated heterocycles. The van der Waals surface area contributed by atoms with Gasteiger partial charge in [0.25, 0.3) is 0 Å². The molecule has 0 aromatic carbocycles. The molecule has 1 N–H and O–H groups in total. The molecule has 3 aliphatic rings. The summed E-state index contributed by atoms with van der Waals surface area (Å²) < 4.78 is 26.4. The van der Waals surface area contributed by atoms with Crippen LogP contribution in [0.4, 0.5) is 13.6 Å². The van der Waals surface area contributed by atoms with Gasteiger partial charge in [0.2, 0.25) is 0 Å². The van der Waals surface area contributed by atoms with Crippen LogP contribution in [0.2, 0.25) is 0 Å². The van der Waals surface area contributed by atoms with Crippen molar-refractivity contribution in [3.8, 4) is 0 Å². The van der Waals surface area contributed by atoms with E-state index < -0.39 is 18.1 Å². The molecule has 1 amide bonds. The van der Waals surface area contributed by atoms with Gasteiger partial charge in [-0.1, -0.05) is 17.7 Å². The molecule has 1 saturated carbocycles. The summed E-state index contributed by atoms with van der Waals surface area (Å²) in [6.45, 7) is 1.15. The van der Waals surface area contributed by atoms with Crippen molar-refractivity contribution in [2.45, 2.75) is 19.0 Å². The lowest BCUT2D eigenvalue weighted by molar-refractivity contribution is -0.0172. The Morgan fingerprint density at radius 3 is 2.74 bits per heavy atom. The first-order chi connectivity index (χ1) is 8.97. The Kier molecular flexibility index (Phi) is 2.73. The van der Waals surface area contributed by atoms with Crippen molar-refractivity contribution in [1.29, 1.82) is 0 Å². The van der Waals surface area contributed by atoms with Gasteiger partial charge in [0.1, 0.15) is 12.0 Å². The summed E-state index contributed by atoms with van der Waals surface area (Å²) in [5.74, 6) is -0.911. The van der Waals surface area contributed by atoms with E-state index in [1.165, 1.54) is 11.0 Å². The Bertz CT molecular complexity index is 494. The number of likely N-dealkylation sites (tertiary alicyclic amines) is 1. The zero-order chi connectivity index (χ0) is 13.6. The number of halogens is 2. The van der Waals surface area contributed by atoms with Gasteiger partial charge in [-0.15, -0.1) is 0 Å². The van der Waals surface area contributed by atoms with E-state index in [1.807, 2.05) is 6.08 Å². The molecule has 3 nitrogen and oxygen atoms in total. The van der Waals surface area contributed by atoms with Crippen LogP contribution < -0.4 is 0 Å². The Balaban J connectivity index is 1.56. The fourth-order valence-corrected chi connectivity index (χ4v) is 3.20. The highest BCUT2D eigenvalue weighted by molar-refractivity contribution is 5.66. The SMILES string of the molecule is O=C(O)N1CC2(CC(=CC3C=CC(F)=CC3F)C2)C1. The highest BCUT2D eigenvalue weighted by Gasteiger charge is 2.51. The summed E-state index contributed by atoms with van der Waals surface area (Å²) >= 11 is 0. The minimum atomic E-state index is -1.30. The Labute approximate surface area is 109 Å². The molecule has 1 heterocycles. The highest BCUT2D eigenvalue weighted by Crippen LogP contribution is 2.52. The van der Waals surface area contributed by atoms with Crippen LogP contribution >= 0.6 is 0 Å². The van der Waals surface area contributed by atoms with Gasteiger partial charge in [0, 0.05) is 24.4 Å². The molecule has 0 aromatic heterocycles. The first-order valence-corrected chi connectivity index (χ1v) is 6.35. The average Bonchev–Trinajstić information content (AvgIpc) is 2.21. The molecular weight excluding hydrogens is 252 g/mol. The van der Waals surface area contributed by atoms with Crippen LogP contribution in [0.25, 0.3) is 0 Å². The summed E-state index contributed by atoms with van der Waals surface area (Å²) in [6.07, 6.45) is 5.18. The lowest BCUT2D eigenvalue weighted by Gasteiger charge is -2.56. The first kappa shape index (κ1) is 12.4. The third-order valence-corrected chi connectivity index (χ3v) is 4.12. The second-order valence-corrected chi connectivity index (χ2v) is 5.75. The number of carbonyl (C=O) groups is 1. The molecule has 102 valence electrons. The number of hydrogen-bond donors (Lipinski definition) is 1. The van der Waals surface area contributed by atoms with E-state index in [9.17, 15) is 13.6 Å². The van der Waals surface area contributed by atoms with Crippen LogP contribution in [0.3, 0.4) is 0 Å². The van der Waals surface area contributed by atoms with Gasteiger partial charge in [0.05, 0.1) is 0 Å². The third kappa shape index (κ3) is 2.17. The minimum Gasteiger partial charge on any atom is -0.465 e. The van der Waals surface area contributed by atoms with Gasteiger partial charge in [-0.3, -0.25) is 0 Å². The molecule has 1 aliphatic heterocycles. The van der Waals surface area contributed by atoms with Crippen molar-refractivity contribution in [1.82, 2.24) is 4.90 Å². The maximum Gasteiger partial charge on any atom is 0.407 e. The maximum atomic E-state index is 13.6. The Hall–Kier alpha value is -1.65. The van der Waals surface area contributed by atoms with Crippen LogP contribution in [-0.4, -0.2) is 35.4 Å². The number of hydrogen-bond acceptors (Lipinski definition) is 1. The van der Waals surface area contributed by atoms with Gasteiger partial charge < -0.3 is 10.0 Å². The third-order valence-electron chi connectivity index (χ3n) is 4.12. The highest BCUT2D eigenvalue weighted by atomic mass is 19.1. The molecule has 2 fully saturated rings. The van der Waals surface area contributed by atoms with Crippen molar-refractivity contribution in [2.24, 2.45) is 11.3 Å². The largest absolute Gasteiger partial charge is 0.465 e. The Morgan fingerprint density at radius 1 is 1.47 bits per heavy atom. The van der Waals surface area contributed by atoms with Gasteiger partial charge in [-0.05, 0) is 25.0 Å². The summed E-state index contributed by atoms with van der Waals surface area (Å²) in [6, 6.07) is 0. The molecule has 19 heavy (non-hydrogen) atoms. The molecule has 5 heteroatoms. The van der Waals surface area contributed by atoms with E-state index in [1.54, 1.807) is 6.08 Å². The minimum absolute atomic E-state index is 0.0928. The molecule has 0 radical (unpaired) electrons. The maximum absolute atomic E-state index is 13.6. The van der Waals surface area contributed by atoms with Crippen LogP contribution in [0.5, 0.6) is 0 Å². The van der Waals surface area contributed by atoms with Crippen LogP contribution in [0.15, 0.2) is 35.7 Å². The molecule has 3 rings (SSSR count). The van der Waals surface area contributed by atoms with Gasteiger partial charge >= 0.3 is 6.09 Å². The predicted octanol–water partition coefficient (Wildman–Crippen LogP) is 3.06. The lowest BCUT2D eigenvalue weighted by atomic mass is 9.60. The number of nitrogens with zero attached hydrogens (tertiary/aromatic N) is 1. The van der Waals surface area contributed by atoms with E-state index >= 15 is 0 Å². The zero-order valence-corrected chi connectivity index (χ0v) is 10.4. The number of allylic oxidation sites excluding steroid dienone is 6. The smallest absolute Gasteiger partial charge is 0.407 e. The van der Waals surface area contributed by atoms with E-state index in [2.05, 4.69) is 0 Å². The summed E-state index contributed by atoms with van der Waals surface area (Å²) in [4.78, 5) is 12.1. The molecule has 0 bridgehead atoms. The van der Waals surface area contributed by atoms with Crippen molar-refractivity contribution in [3.05, 3.63) is 35.7 Å². The fourth-order valence-electron chi connectivity index (χ4n) is 3.20. The first-order valence-electron chi connectivity index (χ1n) is 6.35. The summed E-state index contributed by atoms with van der Waals surface area (Å²) in [5.41, 5.74) is 1.24. The average molecular weight is 267 g/mol. The summed E-state index contributed by atoms with van der Waals surface area (Å²) in [7, 11) is 0. The van der Waals surface area contributed by atoms with E-state index in [0.29, 0.717) is 13.1 Å². The second-order valence-electron chi connectivity index (χ2n) is 5.75. The standard InChI is InChI=1S/C14H15F2NO2/c15-11-2-1-10(12(16)4-11)3-9-5-14(6-9)7-17(8-14)13(18)19/h1-4,10,12H,5-8H2,(H,18,19). The molecule has 0 aromatic rings. The van der Waals surface area contributed by atoms with E-state index in [4.69, 9.17) is 5.11 Å². The molecule has 2 atom stereocenters. The van der Waals surface area contributed by atoms with Gasteiger partial charge in [0.15, 0.2) is 0 Å². The van der Waals surface area contributed by atoms with Gasteiger partial charge in [-0.2, -0.15) is 0 Å². The lowest BCUT2D eigenvalue weighted by Crippen LogP contribution is -2.61. The van der Waals surface area contributed by atoms with Crippen molar-refractivity contribution in [3.63, 3.8) is 0 Å². The fraction of sp³-hybridized carbons (Fsp3) is 0.500. The van der Waals surface area contributed by atoms with Crippen LogP contribution in [-0.2, 0) is 0 Å². The van der Waals surface area contributed by atoms with Crippen molar-refractivity contribution < 1.29 is 18.7 Å². The number of rotatable bonds is 1. The monoisotopic (exact) mass is 267 g/mol. The topological polar surface area (TPSA) is 40.5 Å². The predicted molar refractivity (Wildman–Crippen MR) is 66.1 cm³/mol. The van der Waals surface area contributed by atoms with Gasteiger partial charge in [-0.25, -0.2) is 13.6 Å². The second kappa shape index (κ2) is 4.18. The van der Waals surface area contributed by atoms with Crippen molar-refractivity contribution in [2.75, 3.05) is 13.1 Å². The number of alkyl halides is 1. The Morgan fingerprint density at radius 2 is 2.16 bits per heavy atom. The van der Waals surface area contributed by atoms with Crippen LogP contribution in [0, 0.1) is 11.3 Å². The zero-order valence-electron chi connectivity index (χ0n) is 10.4. The van der Waals surface area contributed by atoms with E-state index in [0.717, 1.165) is 24.5 Å². The molecular formula is C14H15F2NO2. The quantitative estimate of drug-likeness (QED) is 0.742. The van der Waals surface area contributed by atoms with Crippen molar-refractivity contribution >= 4 is 6.09 Å². The molecule has 2 unspecified atom stereocenters. The summed E-state index contributed by atoms with van der Waals surface area (Å²) in [5, 5.41) is 8.78.